The summed E-state index contributed by atoms with van der Waals surface area (Å²) in [5.74, 6) is -1.79. The molecule has 2 aromatic carbocycles. The minimum Gasteiger partial charge on any atom is -0.322 e. The number of halogens is 1. The number of nitro benzene ring substituents is 1. The second-order valence-electron chi connectivity index (χ2n) is 7.23. The fourth-order valence-electron chi connectivity index (χ4n) is 3.32. The van der Waals surface area contributed by atoms with Crippen molar-refractivity contribution in [1.82, 2.24) is 9.55 Å². The topological polar surface area (TPSA) is 107 Å². The Morgan fingerprint density at radius 2 is 1.91 bits per heavy atom. The summed E-state index contributed by atoms with van der Waals surface area (Å²) in [5.41, 5.74) is 0.852. The number of rotatable bonds is 5. The van der Waals surface area contributed by atoms with Crippen molar-refractivity contribution in [3.8, 4) is 0 Å². The number of hydrogen-bond acceptors (Lipinski definition) is 5. The molecule has 0 spiro atoms. The van der Waals surface area contributed by atoms with E-state index in [1.165, 1.54) is 16.7 Å². The minimum absolute atomic E-state index is 0.00105. The Kier molecular flexibility index (Phi) is 5.46. The summed E-state index contributed by atoms with van der Waals surface area (Å²) in [6, 6.07) is 15.4. The fraction of sp³-hybridized carbons (Fsp3) is 0.0870. The largest absolute Gasteiger partial charge is 0.322 e. The van der Waals surface area contributed by atoms with E-state index in [2.05, 4.69) is 10.3 Å². The van der Waals surface area contributed by atoms with Crippen LogP contribution in [0.4, 0.5) is 15.8 Å². The van der Waals surface area contributed by atoms with Gasteiger partial charge in [0.1, 0.15) is 11.2 Å². The van der Waals surface area contributed by atoms with Crippen molar-refractivity contribution >= 4 is 28.3 Å². The number of carbonyl (C=O) groups is 1. The summed E-state index contributed by atoms with van der Waals surface area (Å²) in [6.45, 7) is 2.16. The van der Waals surface area contributed by atoms with Crippen LogP contribution in [0.25, 0.3) is 11.0 Å². The number of nitrogens with zero attached hydrogens (tertiary/aromatic N) is 3. The second kappa shape index (κ2) is 8.38. The molecule has 9 heteroatoms. The molecule has 0 bridgehead atoms. The highest BCUT2D eigenvalue weighted by molar-refractivity contribution is 6.05. The third kappa shape index (κ3) is 4.08. The van der Waals surface area contributed by atoms with Crippen LogP contribution in [0.1, 0.15) is 21.5 Å². The Morgan fingerprint density at radius 1 is 1.16 bits per heavy atom. The number of carbonyl (C=O) groups excluding carboxylic acids is 1. The SMILES string of the molecule is Cc1ccc(Cn2c(=O)c(C(=O)Nc3ccc(F)c([N+](=O)[O-])c3)cc3cccnc32)cc1. The number of nitro groups is 1. The zero-order chi connectivity index (χ0) is 22.8. The quantitative estimate of drug-likeness (QED) is 0.378. The molecule has 4 rings (SSSR count). The van der Waals surface area contributed by atoms with Crippen LogP contribution in [-0.4, -0.2) is 20.4 Å². The minimum atomic E-state index is -1.02. The van der Waals surface area contributed by atoms with Crippen molar-refractivity contribution in [2.75, 3.05) is 5.32 Å². The van der Waals surface area contributed by atoms with Gasteiger partial charge in [0.25, 0.3) is 11.5 Å². The first-order valence-electron chi connectivity index (χ1n) is 9.63. The van der Waals surface area contributed by atoms with E-state index in [0.717, 1.165) is 23.3 Å². The van der Waals surface area contributed by atoms with Crippen molar-refractivity contribution < 1.29 is 14.1 Å². The molecule has 8 nitrogen and oxygen atoms in total. The maximum atomic E-state index is 13.6. The molecule has 160 valence electrons. The van der Waals surface area contributed by atoms with Crippen LogP contribution in [-0.2, 0) is 6.54 Å². The lowest BCUT2D eigenvalue weighted by Crippen LogP contribution is -2.30. The van der Waals surface area contributed by atoms with Gasteiger partial charge in [0.2, 0.25) is 5.82 Å². The van der Waals surface area contributed by atoms with Gasteiger partial charge in [-0.2, -0.15) is 4.39 Å². The highest BCUT2D eigenvalue weighted by Crippen LogP contribution is 2.22. The molecule has 1 N–H and O–H groups in total. The molecule has 0 aliphatic heterocycles. The van der Waals surface area contributed by atoms with Gasteiger partial charge in [-0.15, -0.1) is 0 Å². The van der Waals surface area contributed by atoms with Crippen LogP contribution in [0, 0.1) is 22.9 Å². The number of aromatic nitrogens is 2. The van der Waals surface area contributed by atoms with Gasteiger partial charge in [-0.05, 0) is 42.8 Å². The number of nitrogens with one attached hydrogen (secondary N) is 1. The van der Waals surface area contributed by atoms with E-state index < -0.39 is 27.9 Å². The third-order valence-electron chi connectivity index (χ3n) is 4.95. The molecule has 0 saturated carbocycles. The summed E-state index contributed by atoms with van der Waals surface area (Å²) in [5, 5.41) is 14.0. The molecule has 0 aliphatic carbocycles. The van der Waals surface area contributed by atoms with Crippen molar-refractivity contribution in [3.05, 3.63) is 110 Å². The van der Waals surface area contributed by atoms with Gasteiger partial charge in [0.05, 0.1) is 11.5 Å². The van der Waals surface area contributed by atoms with Crippen molar-refractivity contribution in [1.29, 1.82) is 0 Å². The summed E-state index contributed by atoms with van der Waals surface area (Å²) >= 11 is 0. The van der Waals surface area contributed by atoms with Crippen molar-refractivity contribution in [2.45, 2.75) is 13.5 Å². The predicted octanol–water partition coefficient (Wildman–Crippen LogP) is 4.05. The number of pyridine rings is 2. The van der Waals surface area contributed by atoms with E-state index >= 15 is 0 Å². The van der Waals surface area contributed by atoms with Crippen LogP contribution < -0.4 is 10.9 Å². The van der Waals surface area contributed by atoms with Crippen LogP contribution in [0.2, 0.25) is 0 Å². The standard InChI is InChI=1S/C23H17FN4O4/c1-14-4-6-15(7-5-14)13-27-21-16(3-2-10-25-21)11-18(23(27)30)22(29)26-17-8-9-19(24)20(12-17)28(31)32/h2-12H,13H2,1H3,(H,26,29). The summed E-state index contributed by atoms with van der Waals surface area (Å²) < 4.78 is 15.0. The van der Waals surface area contributed by atoms with Gasteiger partial charge >= 0.3 is 5.69 Å². The first kappa shape index (κ1) is 20.9. The highest BCUT2D eigenvalue weighted by atomic mass is 19.1. The van der Waals surface area contributed by atoms with Gasteiger partial charge in [-0.3, -0.25) is 24.3 Å². The number of benzene rings is 2. The van der Waals surface area contributed by atoms with Crippen molar-refractivity contribution in [3.63, 3.8) is 0 Å². The van der Waals surface area contributed by atoms with Gasteiger partial charge in [-0.1, -0.05) is 29.8 Å². The zero-order valence-electron chi connectivity index (χ0n) is 16.9. The molecule has 2 aromatic heterocycles. The molecule has 4 aromatic rings. The fourth-order valence-corrected chi connectivity index (χ4v) is 3.32. The number of aryl methyl sites for hydroxylation is 1. The molecule has 32 heavy (non-hydrogen) atoms. The smallest absolute Gasteiger partial charge is 0.306 e. The van der Waals surface area contributed by atoms with Crippen molar-refractivity contribution in [2.24, 2.45) is 0 Å². The molecular formula is C23H17FN4O4. The van der Waals surface area contributed by atoms with E-state index in [-0.39, 0.29) is 17.8 Å². The Hall–Kier alpha value is -4.40. The molecule has 2 heterocycles. The van der Waals surface area contributed by atoms with Gasteiger partial charge in [-0.25, -0.2) is 4.98 Å². The van der Waals surface area contributed by atoms with E-state index in [0.29, 0.717) is 11.0 Å². The predicted molar refractivity (Wildman–Crippen MR) is 117 cm³/mol. The third-order valence-corrected chi connectivity index (χ3v) is 4.95. The lowest BCUT2D eigenvalue weighted by atomic mass is 10.1. The molecule has 0 unspecified atom stereocenters. The Labute approximate surface area is 181 Å². The highest BCUT2D eigenvalue weighted by Gasteiger charge is 2.19. The molecule has 0 atom stereocenters. The summed E-state index contributed by atoms with van der Waals surface area (Å²) in [7, 11) is 0. The molecule has 0 saturated heterocycles. The summed E-state index contributed by atoms with van der Waals surface area (Å²) in [6.07, 6.45) is 1.56. The van der Waals surface area contributed by atoms with Crippen LogP contribution in [0.3, 0.4) is 0 Å². The molecule has 1 amide bonds. The number of amides is 1. The Morgan fingerprint density at radius 3 is 2.62 bits per heavy atom. The first-order chi connectivity index (χ1) is 15.3. The van der Waals surface area contributed by atoms with Gasteiger partial charge in [0, 0.05) is 23.3 Å². The second-order valence-corrected chi connectivity index (χ2v) is 7.23. The van der Waals surface area contributed by atoms with E-state index in [1.807, 2.05) is 31.2 Å². The van der Waals surface area contributed by atoms with Crippen LogP contribution in [0.15, 0.2) is 71.7 Å². The molecular weight excluding hydrogens is 415 g/mol. The van der Waals surface area contributed by atoms with Gasteiger partial charge in [0.15, 0.2) is 0 Å². The monoisotopic (exact) mass is 432 g/mol. The molecule has 0 radical (unpaired) electrons. The normalized spacial score (nSPS) is 10.8. The maximum Gasteiger partial charge on any atom is 0.306 e. The first-order valence-corrected chi connectivity index (χ1v) is 9.63. The molecule has 0 aliphatic rings. The molecule has 0 fully saturated rings. The maximum absolute atomic E-state index is 13.6. The van der Waals surface area contributed by atoms with E-state index in [1.54, 1.807) is 18.3 Å². The average molecular weight is 432 g/mol. The van der Waals surface area contributed by atoms with E-state index in [9.17, 15) is 24.1 Å². The van der Waals surface area contributed by atoms with Crippen LogP contribution >= 0.6 is 0 Å². The number of hydrogen-bond donors (Lipinski definition) is 1. The Bertz CT molecular complexity index is 1410. The summed E-state index contributed by atoms with van der Waals surface area (Å²) in [4.78, 5) is 40.5. The number of anilines is 1. The average Bonchev–Trinajstić information content (AvgIpc) is 2.78. The number of fused-ring (bicyclic) bond motifs is 1. The Balaban J connectivity index is 1.76. The lowest BCUT2D eigenvalue weighted by Gasteiger charge is -2.13. The van der Waals surface area contributed by atoms with E-state index in [4.69, 9.17) is 0 Å². The van der Waals surface area contributed by atoms with Gasteiger partial charge < -0.3 is 5.32 Å². The zero-order valence-corrected chi connectivity index (χ0v) is 16.9. The van der Waals surface area contributed by atoms with Crippen LogP contribution in [0.5, 0.6) is 0 Å². The lowest BCUT2D eigenvalue weighted by molar-refractivity contribution is -0.387.